The Hall–Kier alpha value is -11.4. The molecule has 0 unspecified atom stereocenters. The van der Waals surface area contributed by atoms with Crippen molar-refractivity contribution >= 4 is 67.8 Å². The van der Waals surface area contributed by atoms with E-state index in [1.54, 1.807) is 43.6 Å². The summed E-state index contributed by atoms with van der Waals surface area (Å²) in [7, 11) is 1.88. The number of benzene rings is 9. The molecule has 16 rings (SSSR count). The van der Waals surface area contributed by atoms with Gasteiger partial charge in [-0.15, -0.1) is 0 Å². The van der Waals surface area contributed by atoms with Crippen molar-refractivity contribution in [1.82, 2.24) is 24.3 Å². The molecule has 9 aromatic rings. The van der Waals surface area contributed by atoms with Crippen LogP contribution in [0.2, 0.25) is 0 Å². The van der Waals surface area contributed by atoms with Crippen LogP contribution in [0.25, 0.3) is 0 Å². The number of nitrogens with zero attached hydrogens (tertiary/aromatic N) is 10. The summed E-state index contributed by atoms with van der Waals surface area (Å²) in [5.41, 5.74) is 31.2. The van der Waals surface area contributed by atoms with Crippen molar-refractivity contribution in [3.05, 3.63) is 267 Å². The zero-order valence-corrected chi connectivity index (χ0v) is 95.6. The Morgan fingerprint density at radius 2 is 0.673 bits per heavy atom. The molecule has 7 fully saturated rings. The van der Waals surface area contributed by atoms with Gasteiger partial charge in [0.15, 0.2) is 0 Å². The number of halogens is 2. The van der Waals surface area contributed by atoms with Crippen LogP contribution in [-0.4, -0.2) is 274 Å². The monoisotopic (exact) mass is 2090 g/mol. The standard InChI is InChI=1S/C16H24F2N2O.C16H24N2O2.C16H24N2O.C14H22N2O2S.3C13H19NO.C11H15NO2.C10H13NO/c1-12(2)13-4-5-14(15(10-13)21-3)20-8-6-19(7-9-20)11-16(17)18;1-12(2)14-5-6-15(16(11-14)20-4)18-9-7-17(8-10-18)13(3)19;1-13(2)14-4-3-5-15(10-14)17-6-8-18(9-7-17)16-11-19-12-16;1-12(2)13-4-6-14(7-5-13)15-8-10-16(11-9-15)19(3,17)18;1-11(2)12-3-5-13(6-4-12)14-7-9-15-10-8-14;1-11(2)12-4-3-5-13(10-12)14-6-8-15-9-7-14;1-9(2)11-5-7-12(8-6-11)13(15)14-10(3)4;1-7(2)8-4-5-9(11(12)13)10(6-8)14-3;1-7(2)8-3-5-9(6-4-8)10(11)12/h4-5,10,12,16H,6-9,11H2,1-3H3;5-6,11-12H,7-10H2,1-4H3;3-5,10,13,16H,6-9,11-12H2,1-2H3;4-7,12H,8-11H2,1-3H3;3-6,11H,7-10H2,1-2H3;3-5,10-11H,6-9H2,1-2H3;5-10H,1-4H3,(H,14,15);4-7H,1-3H3,(H2,12,13);3-7H,1-2H3,(H2,11,12). The predicted octanol–water partition coefficient (Wildman–Crippen LogP) is 22.0. The summed E-state index contributed by atoms with van der Waals surface area (Å²) in [5, 5.41) is 2.87. The third-order valence-corrected chi connectivity index (χ3v) is 29.3. The Kier molecular flexibility index (Phi) is 51.7. The summed E-state index contributed by atoms with van der Waals surface area (Å²) in [6.45, 7) is 67.3. The first-order valence-electron chi connectivity index (χ1n) is 54.1. The van der Waals surface area contributed by atoms with Gasteiger partial charge in [-0.25, -0.2) is 17.2 Å². The summed E-state index contributed by atoms with van der Waals surface area (Å²) >= 11 is 0. The summed E-state index contributed by atoms with van der Waals surface area (Å²) in [5.74, 6) is 6.38. The first-order valence-corrected chi connectivity index (χ1v) is 55.9. The molecule has 7 heterocycles. The average Bonchev–Trinajstić information content (AvgIpc) is 0.849. The molecule has 28 heteroatoms. The molecule has 7 aliphatic heterocycles. The van der Waals surface area contributed by atoms with Crippen LogP contribution in [0.1, 0.15) is 280 Å². The lowest BCUT2D eigenvalue weighted by atomic mass is 10.0. The molecule has 0 radical (unpaired) electrons. The number of methoxy groups -OCH3 is 3. The second-order valence-electron chi connectivity index (χ2n) is 42.4. The molecular formula is C122H179F2N13O12S. The highest BCUT2D eigenvalue weighted by Crippen LogP contribution is 2.37. The first-order chi connectivity index (χ1) is 71.4. The topological polar surface area (TPSA) is 254 Å². The van der Waals surface area contributed by atoms with Crippen molar-refractivity contribution in [2.45, 2.75) is 217 Å². The lowest BCUT2D eigenvalue weighted by molar-refractivity contribution is -0.129. The molecule has 0 spiro atoms. The van der Waals surface area contributed by atoms with Crippen LogP contribution in [0.3, 0.4) is 0 Å². The molecule has 25 nitrogen and oxygen atoms in total. The molecule has 0 atom stereocenters. The number of amides is 4. The predicted molar refractivity (Wildman–Crippen MR) is 616 cm³/mol. The molecule has 0 saturated carbocycles. The van der Waals surface area contributed by atoms with E-state index >= 15 is 0 Å². The molecule has 4 amide bonds. The Balaban J connectivity index is 0.000000206. The first kappa shape index (κ1) is 124. The lowest BCUT2D eigenvalue weighted by Crippen LogP contribution is -2.56. The number of alkyl halides is 2. The third-order valence-electron chi connectivity index (χ3n) is 28.0. The molecule has 5 N–H and O–H groups in total. The van der Waals surface area contributed by atoms with Crippen molar-refractivity contribution < 1.29 is 64.8 Å². The Labute approximate surface area is 898 Å². The molecule has 9 aromatic carbocycles. The number of primary amides is 2. The highest BCUT2D eigenvalue weighted by atomic mass is 32.2. The summed E-state index contributed by atoms with van der Waals surface area (Å²) in [6, 6.07) is 69.6. The quantitative estimate of drug-likeness (QED) is 0.0455. The highest BCUT2D eigenvalue weighted by molar-refractivity contribution is 7.88. The molecular weight excluding hydrogens is 1910 g/mol. The molecule has 824 valence electrons. The zero-order chi connectivity index (χ0) is 110. The number of ether oxygens (including phenoxy) is 6. The largest absolute Gasteiger partial charge is 0.496 e. The van der Waals surface area contributed by atoms with E-state index in [9.17, 15) is 36.4 Å². The molecule has 0 aromatic heterocycles. The minimum absolute atomic E-state index is 0.000283. The van der Waals surface area contributed by atoms with Crippen molar-refractivity contribution in [3.8, 4) is 17.2 Å². The zero-order valence-electron chi connectivity index (χ0n) is 94.8. The minimum atomic E-state index is -3.04. The number of anilines is 6. The van der Waals surface area contributed by atoms with Gasteiger partial charge in [-0.05, 0) is 226 Å². The van der Waals surface area contributed by atoms with Gasteiger partial charge in [0.25, 0.3) is 18.2 Å². The molecule has 7 aliphatic rings. The number of hydrogen-bond acceptors (Lipinski definition) is 20. The number of carbonyl (C=O) groups is 4. The van der Waals surface area contributed by atoms with Crippen molar-refractivity contribution in [3.63, 3.8) is 0 Å². The number of sulfonamides is 1. The Bertz CT molecular complexity index is 5610. The summed E-state index contributed by atoms with van der Waals surface area (Å²) < 4.78 is 81.4. The van der Waals surface area contributed by atoms with Gasteiger partial charge in [-0.2, -0.15) is 4.31 Å². The van der Waals surface area contributed by atoms with Gasteiger partial charge in [-0.3, -0.25) is 29.0 Å². The van der Waals surface area contributed by atoms with Gasteiger partial charge in [0.2, 0.25) is 21.8 Å². The second kappa shape index (κ2) is 62.6. The summed E-state index contributed by atoms with van der Waals surface area (Å²) in [6.07, 6.45) is -0.975. The van der Waals surface area contributed by atoms with Gasteiger partial charge in [0, 0.05) is 178 Å². The fraction of sp³-hybridized carbons (Fsp3) is 0.525. The van der Waals surface area contributed by atoms with E-state index in [1.807, 2.05) is 72.2 Å². The number of nitrogens with two attached hydrogens (primary N) is 2. The Morgan fingerprint density at radius 3 is 1.01 bits per heavy atom. The molecule has 0 aliphatic carbocycles. The molecule has 0 bridgehead atoms. The van der Waals surface area contributed by atoms with Crippen LogP contribution in [0.15, 0.2) is 200 Å². The second-order valence-corrected chi connectivity index (χ2v) is 44.4. The maximum Gasteiger partial charge on any atom is 0.252 e. The molecule has 7 saturated heterocycles. The van der Waals surface area contributed by atoms with Gasteiger partial charge < -0.3 is 79.5 Å². The van der Waals surface area contributed by atoms with Crippen LogP contribution >= 0.6 is 0 Å². The summed E-state index contributed by atoms with van der Waals surface area (Å²) in [4.78, 5) is 65.0. The van der Waals surface area contributed by atoms with Crippen molar-refractivity contribution in [2.24, 2.45) is 11.5 Å². The number of carbonyl (C=O) groups excluding carboxylic acids is 4. The number of morpholine rings is 2. The van der Waals surface area contributed by atoms with E-state index < -0.39 is 22.4 Å². The van der Waals surface area contributed by atoms with Gasteiger partial charge in [0.1, 0.15) is 17.2 Å². The fourth-order valence-corrected chi connectivity index (χ4v) is 18.8. The molecule has 150 heavy (non-hydrogen) atoms. The van der Waals surface area contributed by atoms with E-state index in [4.69, 9.17) is 39.9 Å². The maximum absolute atomic E-state index is 12.4. The number of piperazine rings is 4. The van der Waals surface area contributed by atoms with Crippen molar-refractivity contribution in [1.29, 1.82) is 0 Å². The Morgan fingerprint density at radius 1 is 0.353 bits per heavy atom. The maximum atomic E-state index is 12.4. The number of hydrogen-bond donors (Lipinski definition) is 3. The van der Waals surface area contributed by atoms with E-state index in [0.717, 1.165) is 165 Å². The number of nitrogens with one attached hydrogen (secondary N) is 1. The highest BCUT2D eigenvalue weighted by Gasteiger charge is 2.31. The van der Waals surface area contributed by atoms with E-state index in [0.29, 0.717) is 102 Å². The van der Waals surface area contributed by atoms with Gasteiger partial charge >= 0.3 is 0 Å². The van der Waals surface area contributed by atoms with E-state index in [2.05, 4.69) is 298 Å². The lowest BCUT2D eigenvalue weighted by Gasteiger charge is -2.43. The van der Waals surface area contributed by atoms with Gasteiger partial charge in [0.05, 0.1) is 96.8 Å². The average molecular weight is 2090 g/mol. The SMILES string of the molecule is CC(C)NC(=O)c1ccc(C(C)C)cc1.CC(C)c1ccc(C(N)=O)cc1.CC(C)c1ccc(N2CCN(S(C)(=O)=O)CC2)cc1.CC(C)c1ccc(N2CCOCC2)cc1.CC(C)c1cccc(N2CCN(C3COC3)CC2)c1.CC(C)c1cccc(N2CCOCC2)c1.COc1cc(C(C)C)ccc1C(N)=O.COc1cc(C(C)C)ccc1N1CCN(C(C)=O)CC1.COc1cc(C(C)C)ccc1N1CCN(CC(F)F)CC1. The van der Waals surface area contributed by atoms with Crippen LogP contribution < -0.4 is 60.4 Å². The van der Waals surface area contributed by atoms with Crippen LogP contribution in [0.4, 0.5) is 42.9 Å². The van der Waals surface area contributed by atoms with Crippen LogP contribution in [-0.2, 0) is 29.0 Å². The number of rotatable bonds is 26. The van der Waals surface area contributed by atoms with Crippen LogP contribution in [0.5, 0.6) is 17.2 Å². The van der Waals surface area contributed by atoms with E-state index in [1.165, 1.54) is 93.7 Å². The van der Waals surface area contributed by atoms with Crippen LogP contribution in [0, 0.1) is 0 Å². The third kappa shape index (κ3) is 40.3. The van der Waals surface area contributed by atoms with Crippen molar-refractivity contribution in [2.75, 3.05) is 234 Å². The van der Waals surface area contributed by atoms with E-state index in [-0.39, 0.29) is 30.3 Å². The fourth-order valence-electron chi connectivity index (χ4n) is 17.9. The minimum Gasteiger partial charge on any atom is -0.496 e. The smallest absolute Gasteiger partial charge is 0.252 e. The normalized spacial score (nSPS) is 15.8. The van der Waals surface area contributed by atoms with Gasteiger partial charge in [-0.1, -0.05) is 216 Å².